The number of aromatic nitrogens is 1. The summed E-state index contributed by atoms with van der Waals surface area (Å²) >= 11 is 0. The van der Waals surface area contributed by atoms with Gasteiger partial charge in [-0.25, -0.2) is 0 Å². The molecule has 0 spiro atoms. The maximum atomic E-state index is 5.89. The average molecular weight is 192 g/mol. The van der Waals surface area contributed by atoms with E-state index in [-0.39, 0.29) is 6.10 Å². The smallest absolute Gasteiger partial charge is 0.0816 e. The quantitative estimate of drug-likeness (QED) is 0.788. The van der Waals surface area contributed by atoms with Crippen molar-refractivity contribution in [2.45, 2.75) is 25.6 Å². The third-order valence-corrected chi connectivity index (χ3v) is 2.57. The van der Waals surface area contributed by atoms with E-state index in [9.17, 15) is 0 Å². The van der Waals surface area contributed by atoms with Crippen molar-refractivity contribution in [3.8, 4) is 0 Å². The summed E-state index contributed by atoms with van der Waals surface area (Å²) in [5.74, 6) is 0. The zero-order chi connectivity index (χ0) is 9.80. The Kier molecular flexibility index (Phi) is 3.11. The lowest BCUT2D eigenvalue weighted by Crippen LogP contribution is -2.18. The van der Waals surface area contributed by atoms with Crippen molar-refractivity contribution in [2.75, 3.05) is 13.1 Å². The number of hydrogen-bond acceptors (Lipinski definition) is 3. The van der Waals surface area contributed by atoms with Gasteiger partial charge in [0.1, 0.15) is 0 Å². The molecule has 1 aliphatic heterocycles. The molecule has 3 heteroatoms. The van der Waals surface area contributed by atoms with Gasteiger partial charge < -0.3 is 10.1 Å². The van der Waals surface area contributed by atoms with Gasteiger partial charge in [-0.1, -0.05) is 6.07 Å². The van der Waals surface area contributed by atoms with Crippen LogP contribution in [0.25, 0.3) is 0 Å². The molecular weight excluding hydrogens is 176 g/mol. The van der Waals surface area contributed by atoms with Gasteiger partial charge in [-0.15, -0.1) is 0 Å². The molecule has 0 aromatic carbocycles. The molecule has 2 heterocycles. The van der Waals surface area contributed by atoms with Crippen molar-refractivity contribution in [2.24, 2.45) is 0 Å². The van der Waals surface area contributed by atoms with E-state index in [4.69, 9.17) is 4.74 Å². The Morgan fingerprint density at radius 2 is 2.57 bits per heavy atom. The molecule has 0 saturated carbocycles. The molecular formula is C11H16N2O. The zero-order valence-corrected chi connectivity index (χ0v) is 8.44. The molecule has 0 radical (unpaired) electrons. The van der Waals surface area contributed by atoms with E-state index in [0.29, 0.717) is 6.10 Å². The molecule has 0 aliphatic carbocycles. The highest BCUT2D eigenvalue weighted by Gasteiger charge is 2.18. The van der Waals surface area contributed by atoms with Crippen LogP contribution in [0, 0.1) is 0 Å². The summed E-state index contributed by atoms with van der Waals surface area (Å²) in [7, 11) is 0. The molecule has 1 fully saturated rings. The lowest BCUT2D eigenvalue weighted by atomic mass is 10.2. The van der Waals surface area contributed by atoms with E-state index in [1.165, 1.54) is 0 Å². The average Bonchev–Trinajstić information content (AvgIpc) is 2.72. The van der Waals surface area contributed by atoms with Crippen molar-refractivity contribution in [1.82, 2.24) is 10.3 Å². The van der Waals surface area contributed by atoms with Gasteiger partial charge in [0.05, 0.1) is 12.2 Å². The predicted molar refractivity (Wildman–Crippen MR) is 55.0 cm³/mol. The number of rotatable bonds is 3. The minimum Gasteiger partial charge on any atom is -0.369 e. The Labute approximate surface area is 84.5 Å². The number of nitrogens with one attached hydrogen (secondary N) is 1. The second-order valence-corrected chi connectivity index (χ2v) is 3.68. The fourth-order valence-electron chi connectivity index (χ4n) is 1.73. The lowest BCUT2D eigenvalue weighted by Gasteiger charge is -2.17. The highest BCUT2D eigenvalue weighted by Crippen LogP contribution is 2.19. The third kappa shape index (κ3) is 2.30. The first kappa shape index (κ1) is 9.62. The molecule has 1 aliphatic rings. The molecule has 1 aromatic heterocycles. The molecule has 1 saturated heterocycles. The molecule has 3 nitrogen and oxygen atoms in total. The molecule has 0 bridgehead atoms. The van der Waals surface area contributed by atoms with E-state index < -0.39 is 0 Å². The van der Waals surface area contributed by atoms with Crippen LogP contribution in [-0.4, -0.2) is 24.2 Å². The minimum atomic E-state index is 0.147. The number of pyridine rings is 1. The molecule has 1 N–H and O–H groups in total. The van der Waals surface area contributed by atoms with Crippen LogP contribution in [0.2, 0.25) is 0 Å². The molecule has 2 rings (SSSR count). The van der Waals surface area contributed by atoms with Crippen LogP contribution in [0.5, 0.6) is 0 Å². The first-order chi connectivity index (χ1) is 6.86. The van der Waals surface area contributed by atoms with Crippen molar-refractivity contribution in [3.05, 3.63) is 30.1 Å². The monoisotopic (exact) mass is 192 g/mol. The first-order valence-corrected chi connectivity index (χ1v) is 5.12. The summed E-state index contributed by atoms with van der Waals surface area (Å²) in [6, 6.07) is 4.00. The van der Waals surface area contributed by atoms with Gasteiger partial charge >= 0.3 is 0 Å². The highest BCUT2D eigenvalue weighted by molar-refractivity contribution is 5.11. The van der Waals surface area contributed by atoms with Crippen LogP contribution in [0.4, 0.5) is 0 Å². The largest absolute Gasteiger partial charge is 0.369 e. The van der Waals surface area contributed by atoms with Gasteiger partial charge in [-0.2, -0.15) is 0 Å². The molecule has 0 unspecified atom stereocenters. The normalized spacial score (nSPS) is 23.6. The summed E-state index contributed by atoms with van der Waals surface area (Å²) in [6.07, 6.45) is 5.28. The van der Waals surface area contributed by atoms with Gasteiger partial charge in [0.25, 0.3) is 0 Å². The lowest BCUT2D eigenvalue weighted by molar-refractivity contribution is 0.00812. The van der Waals surface area contributed by atoms with E-state index >= 15 is 0 Å². The van der Waals surface area contributed by atoms with Crippen LogP contribution < -0.4 is 5.32 Å². The zero-order valence-electron chi connectivity index (χ0n) is 8.44. The second-order valence-electron chi connectivity index (χ2n) is 3.68. The van der Waals surface area contributed by atoms with Gasteiger partial charge in [-0.05, 0) is 31.5 Å². The summed E-state index contributed by atoms with van der Waals surface area (Å²) in [5, 5.41) is 3.29. The Hall–Kier alpha value is -0.930. The van der Waals surface area contributed by atoms with Gasteiger partial charge in [0.2, 0.25) is 0 Å². The highest BCUT2D eigenvalue weighted by atomic mass is 16.5. The fraction of sp³-hybridized carbons (Fsp3) is 0.545. The second kappa shape index (κ2) is 4.53. The molecule has 1 aromatic rings. The number of nitrogens with zero attached hydrogens (tertiary/aromatic N) is 1. The van der Waals surface area contributed by atoms with Gasteiger partial charge in [0.15, 0.2) is 0 Å². The maximum absolute atomic E-state index is 5.89. The third-order valence-electron chi connectivity index (χ3n) is 2.57. The molecule has 76 valence electrons. The van der Waals surface area contributed by atoms with Crippen LogP contribution in [-0.2, 0) is 4.74 Å². The minimum absolute atomic E-state index is 0.147. The Morgan fingerprint density at radius 3 is 3.21 bits per heavy atom. The van der Waals surface area contributed by atoms with E-state index in [2.05, 4.69) is 23.3 Å². The van der Waals surface area contributed by atoms with E-state index in [1.54, 1.807) is 6.20 Å². The van der Waals surface area contributed by atoms with Crippen molar-refractivity contribution < 1.29 is 4.74 Å². The summed E-state index contributed by atoms with van der Waals surface area (Å²) in [4.78, 5) is 4.08. The summed E-state index contributed by atoms with van der Waals surface area (Å²) in [5.41, 5.74) is 1.15. The maximum Gasteiger partial charge on any atom is 0.0816 e. The van der Waals surface area contributed by atoms with Crippen LogP contribution in [0.15, 0.2) is 24.5 Å². The standard InChI is InChI=1S/C11H16N2O/c1-9(10-3-2-5-12-7-10)14-11-4-6-13-8-11/h2-3,5,7,9,11,13H,4,6,8H2,1H3/t9-,11+/m1/s1. The number of hydrogen-bond donors (Lipinski definition) is 1. The number of ether oxygens (including phenoxy) is 1. The van der Waals surface area contributed by atoms with Crippen LogP contribution in [0.1, 0.15) is 25.0 Å². The Morgan fingerprint density at radius 1 is 1.64 bits per heavy atom. The fourth-order valence-corrected chi connectivity index (χ4v) is 1.73. The molecule has 0 amide bonds. The molecule has 14 heavy (non-hydrogen) atoms. The first-order valence-electron chi connectivity index (χ1n) is 5.12. The van der Waals surface area contributed by atoms with Gasteiger partial charge in [0, 0.05) is 18.9 Å². The van der Waals surface area contributed by atoms with Crippen molar-refractivity contribution in [3.63, 3.8) is 0 Å². The topological polar surface area (TPSA) is 34.1 Å². The van der Waals surface area contributed by atoms with E-state index in [1.807, 2.05) is 12.3 Å². The summed E-state index contributed by atoms with van der Waals surface area (Å²) < 4.78 is 5.89. The summed E-state index contributed by atoms with van der Waals surface area (Å²) in [6.45, 7) is 4.13. The van der Waals surface area contributed by atoms with E-state index in [0.717, 1.165) is 25.1 Å². The van der Waals surface area contributed by atoms with Crippen LogP contribution in [0.3, 0.4) is 0 Å². The van der Waals surface area contributed by atoms with Gasteiger partial charge in [-0.3, -0.25) is 4.98 Å². The van der Waals surface area contributed by atoms with Crippen LogP contribution >= 0.6 is 0 Å². The van der Waals surface area contributed by atoms with Crippen molar-refractivity contribution >= 4 is 0 Å². The molecule has 2 atom stereocenters. The SMILES string of the molecule is C[C@@H](O[C@H]1CCNC1)c1cccnc1. The Balaban J connectivity index is 1.92. The predicted octanol–water partition coefficient (Wildman–Crippen LogP) is 1.52. The van der Waals surface area contributed by atoms with Crippen molar-refractivity contribution in [1.29, 1.82) is 0 Å². The Bertz CT molecular complexity index is 270.